The van der Waals surface area contributed by atoms with Gasteiger partial charge in [-0.1, -0.05) is 37.3 Å². The number of anilines is 1. The van der Waals surface area contributed by atoms with Crippen molar-refractivity contribution in [1.82, 2.24) is 4.98 Å². The second kappa shape index (κ2) is 8.53. The van der Waals surface area contributed by atoms with Crippen LogP contribution in [0.15, 0.2) is 22.7 Å². The number of hydrogen-bond donors (Lipinski definition) is 1. The van der Waals surface area contributed by atoms with Crippen molar-refractivity contribution < 1.29 is 18.7 Å². The molecule has 0 unspecified atom stereocenters. The lowest BCUT2D eigenvalue weighted by Gasteiger charge is -2.05. The molecule has 1 N–H and O–H groups in total. The fourth-order valence-electron chi connectivity index (χ4n) is 1.97. The summed E-state index contributed by atoms with van der Waals surface area (Å²) in [4.78, 5) is 28.6. The number of aromatic nitrogens is 1. The lowest BCUT2D eigenvalue weighted by Crippen LogP contribution is -2.15. The Labute approximate surface area is 157 Å². The molecule has 0 fully saturated rings. The highest BCUT2D eigenvalue weighted by atomic mass is 79.9. The number of thiazole rings is 1. The number of rotatable bonds is 6. The van der Waals surface area contributed by atoms with Gasteiger partial charge in [-0.3, -0.25) is 4.79 Å². The van der Waals surface area contributed by atoms with Crippen LogP contribution < -0.4 is 5.32 Å². The van der Waals surface area contributed by atoms with Crippen molar-refractivity contribution in [2.75, 3.05) is 11.9 Å². The summed E-state index contributed by atoms with van der Waals surface area (Å²) in [6.45, 7) is 5.88. The highest BCUT2D eigenvalue weighted by molar-refractivity contribution is 9.10. The van der Waals surface area contributed by atoms with Crippen LogP contribution in [0.1, 0.15) is 34.8 Å². The lowest BCUT2D eigenvalue weighted by molar-refractivity contribution is -0.115. The normalized spacial score (nSPS) is 10.8. The third-order valence-corrected chi connectivity index (χ3v) is 4.82. The molecular formula is C17H18BrFN2O3S. The Kier molecular flexibility index (Phi) is 6.66. The number of benzene rings is 1. The maximum absolute atomic E-state index is 13.9. The summed E-state index contributed by atoms with van der Waals surface area (Å²) in [5.41, 5.74) is 0.763. The van der Waals surface area contributed by atoms with Gasteiger partial charge in [-0.2, -0.15) is 0 Å². The Balaban J connectivity index is 2.03. The highest BCUT2D eigenvalue weighted by Crippen LogP contribution is 2.24. The van der Waals surface area contributed by atoms with Gasteiger partial charge in [0.05, 0.1) is 23.2 Å². The van der Waals surface area contributed by atoms with Gasteiger partial charge < -0.3 is 10.1 Å². The molecule has 0 saturated heterocycles. The van der Waals surface area contributed by atoms with Crippen molar-refractivity contribution in [3.8, 4) is 0 Å². The van der Waals surface area contributed by atoms with Crippen LogP contribution >= 0.6 is 27.3 Å². The molecule has 1 amide bonds. The first-order chi connectivity index (χ1) is 11.8. The van der Waals surface area contributed by atoms with Gasteiger partial charge in [0.1, 0.15) is 10.7 Å². The monoisotopic (exact) mass is 428 g/mol. The summed E-state index contributed by atoms with van der Waals surface area (Å²) in [6, 6.07) is 4.77. The number of amides is 1. The van der Waals surface area contributed by atoms with E-state index in [1.807, 2.05) is 13.8 Å². The first-order valence-corrected chi connectivity index (χ1v) is 9.26. The predicted molar refractivity (Wildman–Crippen MR) is 98.4 cm³/mol. The molecule has 8 heteroatoms. The van der Waals surface area contributed by atoms with E-state index in [4.69, 9.17) is 4.74 Å². The maximum Gasteiger partial charge on any atom is 0.350 e. The van der Waals surface area contributed by atoms with Gasteiger partial charge >= 0.3 is 5.97 Å². The molecule has 0 radical (unpaired) electrons. The van der Waals surface area contributed by atoms with Gasteiger partial charge in [-0.05, 0) is 40.4 Å². The highest BCUT2D eigenvalue weighted by Gasteiger charge is 2.19. The zero-order valence-electron chi connectivity index (χ0n) is 14.1. The fraction of sp³-hybridized carbons (Fsp3) is 0.353. The summed E-state index contributed by atoms with van der Waals surface area (Å²) in [6.07, 6.45) is -0.128. The van der Waals surface area contributed by atoms with Crippen molar-refractivity contribution in [1.29, 1.82) is 0 Å². The van der Waals surface area contributed by atoms with E-state index in [-0.39, 0.29) is 23.0 Å². The van der Waals surface area contributed by atoms with Gasteiger partial charge in [-0.15, -0.1) is 0 Å². The van der Waals surface area contributed by atoms with Crippen molar-refractivity contribution in [3.63, 3.8) is 0 Å². The van der Waals surface area contributed by atoms with Gasteiger partial charge in [0.15, 0.2) is 5.13 Å². The third kappa shape index (κ3) is 5.34. The molecule has 0 aliphatic rings. The van der Waals surface area contributed by atoms with Crippen molar-refractivity contribution in [2.45, 2.75) is 27.2 Å². The number of halogens is 2. The number of nitrogens with zero attached hydrogens (tertiary/aromatic N) is 1. The average molecular weight is 429 g/mol. The molecule has 0 aliphatic carbocycles. The van der Waals surface area contributed by atoms with E-state index in [1.54, 1.807) is 25.1 Å². The Morgan fingerprint density at radius 1 is 1.40 bits per heavy atom. The molecule has 0 saturated carbocycles. The molecule has 1 aromatic carbocycles. The third-order valence-electron chi connectivity index (χ3n) is 3.16. The molecule has 5 nitrogen and oxygen atoms in total. The number of nitrogens with one attached hydrogen (secondary N) is 1. The van der Waals surface area contributed by atoms with E-state index in [2.05, 4.69) is 26.2 Å². The van der Waals surface area contributed by atoms with Crippen LogP contribution in [0.4, 0.5) is 9.52 Å². The minimum atomic E-state index is -0.467. The Hall–Kier alpha value is -1.80. The first-order valence-electron chi connectivity index (χ1n) is 7.65. The number of esters is 1. The van der Waals surface area contributed by atoms with Gasteiger partial charge in [0.25, 0.3) is 0 Å². The minimum Gasteiger partial charge on any atom is -0.461 e. The zero-order valence-corrected chi connectivity index (χ0v) is 16.5. The van der Waals surface area contributed by atoms with Crippen LogP contribution in [0.25, 0.3) is 0 Å². The number of hydrogen-bond acceptors (Lipinski definition) is 5. The largest absolute Gasteiger partial charge is 0.461 e. The maximum atomic E-state index is 13.9. The van der Waals surface area contributed by atoms with Gasteiger partial charge in [0, 0.05) is 0 Å². The molecule has 0 aliphatic heterocycles. The van der Waals surface area contributed by atoms with Crippen LogP contribution in [0.5, 0.6) is 0 Å². The summed E-state index contributed by atoms with van der Waals surface area (Å²) in [7, 11) is 0. The van der Waals surface area contributed by atoms with E-state index in [0.717, 1.165) is 11.3 Å². The van der Waals surface area contributed by atoms with Crippen LogP contribution in [-0.4, -0.2) is 23.5 Å². The molecule has 0 spiro atoms. The topological polar surface area (TPSA) is 68.3 Å². The Morgan fingerprint density at radius 2 is 2.12 bits per heavy atom. The van der Waals surface area contributed by atoms with Crippen LogP contribution in [0, 0.1) is 18.7 Å². The first kappa shape index (κ1) is 19.5. The quantitative estimate of drug-likeness (QED) is 0.694. The molecule has 134 valence electrons. The second-order valence-corrected chi connectivity index (χ2v) is 7.72. The van der Waals surface area contributed by atoms with Crippen LogP contribution in [0.3, 0.4) is 0 Å². The van der Waals surface area contributed by atoms with Crippen LogP contribution in [0.2, 0.25) is 0 Å². The average Bonchev–Trinajstić information content (AvgIpc) is 2.89. The molecule has 0 bridgehead atoms. The van der Waals surface area contributed by atoms with E-state index in [1.165, 1.54) is 0 Å². The molecular weight excluding hydrogens is 411 g/mol. The van der Waals surface area contributed by atoms with E-state index in [9.17, 15) is 14.0 Å². The number of carbonyl (C=O) groups is 2. The predicted octanol–water partition coefficient (Wildman–Crippen LogP) is 4.35. The lowest BCUT2D eigenvalue weighted by atomic mass is 10.1. The molecule has 2 rings (SSSR count). The van der Waals surface area contributed by atoms with Gasteiger partial charge in [0.2, 0.25) is 5.91 Å². The summed E-state index contributed by atoms with van der Waals surface area (Å²) in [5, 5.41) is 2.88. The number of ether oxygens (including phenoxy) is 1. The van der Waals surface area contributed by atoms with Crippen LogP contribution in [-0.2, 0) is 16.0 Å². The molecule has 25 heavy (non-hydrogen) atoms. The molecule has 0 atom stereocenters. The van der Waals surface area contributed by atoms with E-state index < -0.39 is 17.7 Å². The number of aryl methyl sites for hydroxylation is 1. The molecule has 2 aromatic rings. The summed E-state index contributed by atoms with van der Waals surface area (Å²) < 4.78 is 19.4. The number of carbonyl (C=O) groups excluding carboxylic acids is 2. The fourth-order valence-corrected chi connectivity index (χ4v) is 3.25. The SMILES string of the molecule is Cc1nc(NC(=O)Cc2cccc(Br)c2F)sc1C(=O)OCC(C)C. The Morgan fingerprint density at radius 3 is 2.80 bits per heavy atom. The zero-order chi connectivity index (χ0) is 18.6. The minimum absolute atomic E-state index is 0.128. The van der Waals surface area contributed by atoms with Crippen molar-refractivity contribution >= 4 is 44.3 Å². The Bertz CT molecular complexity index is 792. The second-order valence-electron chi connectivity index (χ2n) is 5.86. The summed E-state index contributed by atoms with van der Waals surface area (Å²) >= 11 is 4.13. The van der Waals surface area contributed by atoms with Gasteiger partial charge in [-0.25, -0.2) is 14.2 Å². The standard InChI is InChI=1S/C17H18BrFN2O3S/c1-9(2)8-24-16(23)15-10(3)20-17(25-15)21-13(22)7-11-5-4-6-12(18)14(11)19/h4-6,9H,7-8H2,1-3H3,(H,20,21,22). The van der Waals surface area contributed by atoms with Crippen molar-refractivity contribution in [2.24, 2.45) is 5.92 Å². The smallest absolute Gasteiger partial charge is 0.350 e. The molecule has 1 heterocycles. The summed E-state index contributed by atoms with van der Waals surface area (Å²) in [5.74, 6) is -1.10. The van der Waals surface area contributed by atoms with E-state index in [0.29, 0.717) is 21.7 Å². The molecule has 1 aromatic heterocycles. The van der Waals surface area contributed by atoms with Crippen molar-refractivity contribution in [3.05, 3.63) is 44.6 Å². The van der Waals surface area contributed by atoms with E-state index >= 15 is 0 Å².